The number of phenolic OH excluding ortho intramolecular Hbond substituents is 1. The van der Waals surface area contributed by atoms with E-state index in [2.05, 4.69) is 0 Å². The Balaban J connectivity index is 2.71. The van der Waals surface area contributed by atoms with Gasteiger partial charge >= 0.3 is 6.18 Å². The minimum absolute atomic E-state index is 0.0565. The lowest BCUT2D eigenvalue weighted by molar-refractivity contribution is -0.275. The predicted octanol–water partition coefficient (Wildman–Crippen LogP) is 3.54. The van der Waals surface area contributed by atoms with Crippen LogP contribution in [-0.4, -0.2) is 22.0 Å². The van der Waals surface area contributed by atoms with Gasteiger partial charge < -0.3 is 15.9 Å². The Morgan fingerprint density at radius 1 is 1.48 bits per heavy atom. The van der Waals surface area contributed by atoms with Crippen molar-refractivity contribution >= 4 is 11.6 Å². The molecule has 0 aliphatic heterocycles. The number of aromatic hydroxyl groups is 1. The van der Waals surface area contributed by atoms with E-state index in [1.807, 2.05) is 0 Å². The van der Waals surface area contributed by atoms with Crippen LogP contribution in [0.15, 0.2) is 6.07 Å². The first kappa shape index (κ1) is 16.4. The molecule has 7 heteroatoms. The first-order valence-corrected chi connectivity index (χ1v) is 6.98. The summed E-state index contributed by atoms with van der Waals surface area (Å²) in [6.07, 6.45) is -5.09. The molecule has 0 spiro atoms. The summed E-state index contributed by atoms with van der Waals surface area (Å²) in [5.41, 5.74) is 3.47. The third-order valence-corrected chi connectivity index (χ3v) is 4.75. The zero-order chi connectivity index (χ0) is 16.2. The summed E-state index contributed by atoms with van der Waals surface area (Å²) in [5, 5.41) is 20.4. The van der Waals surface area contributed by atoms with Gasteiger partial charge in [-0.1, -0.05) is 18.5 Å². The summed E-state index contributed by atoms with van der Waals surface area (Å²) in [6, 6.07) is -0.367. The predicted molar refractivity (Wildman–Crippen MR) is 73.4 cm³/mol. The van der Waals surface area contributed by atoms with Crippen molar-refractivity contribution < 1.29 is 23.4 Å². The maximum absolute atomic E-state index is 13.2. The van der Waals surface area contributed by atoms with Crippen molar-refractivity contribution in [2.75, 3.05) is 0 Å². The number of phenols is 1. The Labute approximate surface area is 125 Å². The lowest BCUT2D eigenvalue weighted by atomic mass is 9.69. The molecule has 21 heavy (non-hydrogen) atoms. The number of rotatable bonds is 1. The van der Waals surface area contributed by atoms with Gasteiger partial charge in [0.2, 0.25) is 0 Å². The number of benzene rings is 1. The molecular weight excluding hydrogens is 307 g/mol. The van der Waals surface area contributed by atoms with Gasteiger partial charge in [0.05, 0.1) is 6.04 Å². The Morgan fingerprint density at radius 2 is 2.05 bits per heavy atom. The topological polar surface area (TPSA) is 66.5 Å². The zero-order valence-corrected chi connectivity index (χ0v) is 12.4. The normalized spacial score (nSPS) is 29.3. The number of fused-ring (bicyclic) bond motifs is 1. The molecule has 1 aliphatic rings. The minimum Gasteiger partial charge on any atom is -0.507 e. The van der Waals surface area contributed by atoms with E-state index in [0.717, 1.165) is 0 Å². The van der Waals surface area contributed by atoms with Gasteiger partial charge in [0, 0.05) is 16.1 Å². The smallest absolute Gasteiger partial charge is 0.419 e. The van der Waals surface area contributed by atoms with Crippen LogP contribution in [0.3, 0.4) is 0 Å². The molecule has 0 radical (unpaired) electrons. The van der Waals surface area contributed by atoms with Gasteiger partial charge in [0.15, 0.2) is 5.60 Å². The molecule has 0 unspecified atom stereocenters. The maximum atomic E-state index is 13.2. The van der Waals surface area contributed by atoms with Crippen molar-refractivity contribution in [1.82, 2.24) is 0 Å². The summed E-state index contributed by atoms with van der Waals surface area (Å²) in [4.78, 5) is 0. The van der Waals surface area contributed by atoms with Crippen LogP contribution < -0.4 is 5.73 Å². The van der Waals surface area contributed by atoms with Crippen molar-refractivity contribution in [3.8, 4) is 5.75 Å². The van der Waals surface area contributed by atoms with Crippen molar-refractivity contribution in [1.29, 1.82) is 0 Å². The van der Waals surface area contributed by atoms with Crippen LogP contribution in [0.5, 0.6) is 5.75 Å². The highest BCUT2D eigenvalue weighted by atomic mass is 35.5. The highest BCUT2D eigenvalue weighted by molar-refractivity contribution is 6.31. The fourth-order valence-electron chi connectivity index (χ4n) is 2.96. The summed E-state index contributed by atoms with van der Waals surface area (Å²) < 4.78 is 39.7. The van der Waals surface area contributed by atoms with Gasteiger partial charge in [-0.05, 0) is 37.3 Å². The largest absolute Gasteiger partial charge is 0.507 e. The third kappa shape index (κ3) is 2.29. The highest BCUT2D eigenvalue weighted by Gasteiger charge is 2.61. The molecule has 0 amide bonds. The molecule has 4 N–H and O–H groups in total. The summed E-state index contributed by atoms with van der Waals surface area (Å²) >= 11 is 5.94. The van der Waals surface area contributed by atoms with E-state index in [4.69, 9.17) is 17.3 Å². The average molecular weight is 324 g/mol. The second-order valence-electron chi connectivity index (χ2n) is 5.54. The van der Waals surface area contributed by atoms with Crippen LogP contribution in [0.2, 0.25) is 5.02 Å². The van der Waals surface area contributed by atoms with Gasteiger partial charge in [-0.2, -0.15) is 13.2 Å². The number of nitrogens with two attached hydrogens (primary N) is 1. The van der Waals surface area contributed by atoms with Crippen LogP contribution in [0.1, 0.15) is 48.4 Å². The lowest BCUT2D eigenvalue weighted by Crippen LogP contribution is -2.56. The zero-order valence-electron chi connectivity index (χ0n) is 11.6. The average Bonchev–Trinajstić information content (AvgIpc) is 2.39. The number of hydrogen-bond donors (Lipinski definition) is 3. The molecular formula is C14H17ClF3NO2. The minimum atomic E-state index is -4.86. The molecule has 118 valence electrons. The van der Waals surface area contributed by atoms with Gasteiger partial charge in [-0.3, -0.25) is 0 Å². The monoisotopic (exact) mass is 323 g/mol. The van der Waals surface area contributed by atoms with E-state index in [9.17, 15) is 23.4 Å². The van der Waals surface area contributed by atoms with E-state index in [-0.39, 0.29) is 16.3 Å². The fourth-order valence-corrected chi connectivity index (χ4v) is 3.17. The van der Waals surface area contributed by atoms with Crippen molar-refractivity contribution in [2.45, 2.75) is 50.4 Å². The fraction of sp³-hybridized carbons (Fsp3) is 0.571. The van der Waals surface area contributed by atoms with Gasteiger partial charge in [-0.15, -0.1) is 0 Å². The molecule has 0 saturated carbocycles. The molecule has 1 aromatic carbocycles. The number of aliphatic hydroxyl groups is 1. The molecule has 0 heterocycles. The van der Waals surface area contributed by atoms with Gasteiger partial charge in [-0.25, -0.2) is 0 Å². The van der Waals surface area contributed by atoms with Crippen LogP contribution in [0, 0.1) is 6.92 Å². The maximum Gasteiger partial charge on any atom is 0.419 e. The first-order chi connectivity index (χ1) is 9.54. The first-order valence-electron chi connectivity index (χ1n) is 6.61. The lowest BCUT2D eigenvalue weighted by Gasteiger charge is -2.44. The van der Waals surface area contributed by atoms with E-state index in [1.54, 1.807) is 13.8 Å². The van der Waals surface area contributed by atoms with E-state index >= 15 is 0 Å². The standard InChI is InChI=1S/C14H17ClF3NO2/c1-3-7-5-13(21,14(16,17)18)12(19)8-4-9(15)6(2)11(20)10(7)8/h4,7,12,20-21H,3,5,19H2,1-2H3/t7-,12-,13+/m1/s1. The SMILES string of the molecule is CC[C@@H]1C[C@@](O)(C(F)(F)F)[C@H](N)c2cc(Cl)c(C)c(O)c21. The molecule has 0 aromatic heterocycles. The van der Waals surface area contributed by atoms with Crippen molar-refractivity contribution in [2.24, 2.45) is 5.73 Å². The number of halogens is 4. The van der Waals surface area contributed by atoms with Crippen molar-refractivity contribution in [3.05, 3.63) is 27.8 Å². The molecule has 0 saturated heterocycles. The Bertz CT molecular complexity index is 576. The van der Waals surface area contributed by atoms with Crippen LogP contribution in [0.25, 0.3) is 0 Å². The molecule has 1 aromatic rings. The molecule has 2 rings (SSSR count). The molecule has 0 fully saturated rings. The van der Waals surface area contributed by atoms with E-state index in [0.29, 0.717) is 17.5 Å². The van der Waals surface area contributed by atoms with Gasteiger partial charge in [0.25, 0.3) is 0 Å². The Hall–Kier alpha value is -0.980. The number of hydrogen-bond acceptors (Lipinski definition) is 3. The Kier molecular flexibility index (Phi) is 3.93. The molecule has 1 aliphatic carbocycles. The third-order valence-electron chi connectivity index (χ3n) is 4.36. The van der Waals surface area contributed by atoms with E-state index in [1.165, 1.54) is 6.07 Å². The molecule has 3 nitrogen and oxygen atoms in total. The van der Waals surface area contributed by atoms with Crippen molar-refractivity contribution in [3.63, 3.8) is 0 Å². The second kappa shape index (κ2) is 5.04. The second-order valence-corrected chi connectivity index (χ2v) is 5.95. The summed E-state index contributed by atoms with van der Waals surface area (Å²) in [7, 11) is 0. The van der Waals surface area contributed by atoms with Crippen LogP contribution in [0.4, 0.5) is 13.2 Å². The van der Waals surface area contributed by atoms with Gasteiger partial charge in [0.1, 0.15) is 5.75 Å². The quantitative estimate of drug-likeness (QED) is 0.740. The summed E-state index contributed by atoms with van der Waals surface area (Å²) in [6.45, 7) is 3.28. The molecule has 3 atom stereocenters. The summed E-state index contributed by atoms with van der Waals surface area (Å²) in [5.74, 6) is -0.772. The Morgan fingerprint density at radius 3 is 2.52 bits per heavy atom. The van der Waals surface area contributed by atoms with Crippen LogP contribution in [-0.2, 0) is 0 Å². The molecule has 0 bridgehead atoms. The van der Waals surface area contributed by atoms with Crippen LogP contribution >= 0.6 is 11.6 Å². The van der Waals surface area contributed by atoms with E-state index < -0.39 is 30.2 Å². The number of alkyl halides is 3. The highest BCUT2D eigenvalue weighted by Crippen LogP contribution is 2.54.